The molecule has 0 fully saturated rings. The van der Waals surface area contributed by atoms with Gasteiger partial charge < -0.3 is 5.11 Å². The molecule has 1 aliphatic carbocycles. The Morgan fingerprint density at radius 3 is 2.52 bits per heavy atom. The van der Waals surface area contributed by atoms with Crippen molar-refractivity contribution in [2.45, 2.75) is 17.9 Å². The molecule has 2 nitrogen and oxygen atoms in total. The number of Topliss-reactive ketones (excluding diaryl/α,β-unsaturated/α-hetero) is 1. The molecular formula is C18H15BrO2. The molecule has 0 aromatic heterocycles. The number of ketones is 1. The quantitative estimate of drug-likeness (QED) is 0.859. The lowest BCUT2D eigenvalue weighted by atomic mass is 9.79. The molecule has 2 aromatic rings. The van der Waals surface area contributed by atoms with E-state index in [1.165, 1.54) is 0 Å². The average Bonchev–Trinajstić information content (AvgIpc) is 2.74. The van der Waals surface area contributed by atoms with Crippen LogP contribution in [-0.2, 0) is 6.42 Å². The SMILES string of the molecule is C=C[C@H](c1ccccc1)[C@]1(O)Cc2cccc(Br)c2C1=O. The van der Waals surface area contributed by atoms with E-state index in [9.17, 15) is 9.90 Å². The van der Waals surface area contributed by atoms with Gasteiger partial charge in [-0.1, -0.05) is 64.5 Å². The van der Waals surface area contributed by atoms with E-state index in [-0.39, 0.29) is 5.78 Å². The highest BCUT2D eigenvalue weighted by Crippen LogP contribution is 2.42. The Morgan fingerprint density at radius 1 is 1.19 bits per heavy atom. The summed E-state index contributed by atoms with van der Waals surface area (Å²) >= 11 is 3.41. The Labute approximate surface area is 132 Å². The van der Waals surface area contributed by atoms with Crippen molar-refractivity contribution in [2.24, 2.45) is 0 Å². The molecule has 0 unspecified atom stereocenters. The fraction of sp³-hybridized carbons (Fsp3) is 0.167. The molecule has 0 spiro atoms. The molecule has 0 radical (unpaired) electrons. The maximum atomic E-state index is 12.8. The highest BCUT2D eigenvalue weighted by Gasteiger charge is 2.49. The number of benzene rings is 2. The number of aliphatic hydroxyl groups is 1. The van der Waals surface area contributed by atoms with Gasteiger partial charge in [-0.25, -0.2) is 0 Å². The largest absolute Gasteiger partial charge is 0.380 e. The van der Waals surface area contributed by atoms with Gasteiger partial charge in [-0.2, -0.15) is 0 Å². The van der Waals surface area contributed by atoms with Crippen LogP contribution < -0.4 is 0 Å². The van der Waals surface area contributed by atoms with Gasteiger partial charge in [-0.05, 0) is 17.2 Å². The molecule has 3 rings (SSSR count). The fourth-order valence-electron chi connectivity index (χ4n) is 3.08. The molecule has 0 amide bonds. The average molecular weight is 343 g/mol. The van der Waals surface area contributed by atoms with Crippen molar-refractivity contribution in [2.75, 3.05) is 0 Å². The van der Waals surface area contributed by atoms with Crippen LogP contribution in [0.3, 0.4) is 0 Å². The smallest absolute Gasteiger partial charge is 0.197 e. The number of halogens is 1. The highest BCUT2D eigenvalue weighted by molar-refractivity contribution is 9.10. The molecule has 1 aliphatic rings. The van der Waals surface area contributed by atoms with E-state index < -0.39 is 11.5 Å². The second kappa shape index (κ2) is 5.24. The Kier molecular flexibility index (Phi) is 3.56. The van der Waals surface area contributed by atoms with Crippen LogP contribution in [-0.4, -0.2) is 16.5 Å². The first-order chi connectivity index (χ1) is 10.1. The molecule has 2 atom stereocenters. The lowest BCUT2D eigenvalue weighted by Gasteiger charge is -2.29. The first-order valence-electron chi connectivity index (χ1n) is 6.80. The summed E-state index contributed by atoms with van der Waals surface area (Å²) in [6, 6.07) is 15.1. The highest BCUT2D eigenvalue weighted by atomic mass is 79.9. The van der Waals surface area contributed by atoms with Crippen molar-refractivity contribution in [3.05, 3.63) is 82.3 Å². The minimum Gasteiger partial charge on any atom is -0.380 e. The second-order valence-electron chi connectivity index (χ2n) is 5.33. The van der Waals surface area contributed by atoms with Gasteiger partial charge >= 0.3 is 0 Å². The number of carbonyl (C=O) groups is 1. The summed E-state index contributed by atoms with van der Waals surface area (Å²) in [5.41, 5.74) is 0.893. The molecule has 2 aromatic carbocycles. The summed E-state index contributed by atoms with van der Waals surface area (Å²) in [5.74, 6) is -0.663. The minimum absolute atomic E-state index is 0.237. The van der Waals surface area contributed by atoms with Gasteiger partial charge in [0.05, 0.1) is 0 Å². The van der Waals surface area contributed by atoms with Crippen molar-refractivity contribution in [3.63, 3.8) is 0 Å². The van der Waals surface area contributed by atoms with Crippen LogP contribution in [0.1, 0.15) is 27.4 Å². The zero-order chi connectivity index (χ0) is 15.0. The summed E-state index contributed by atoms with van der Waals surface area (Å²) in [6.45, 7) is 3.82. The third-order valence-electron chi connectivity index (χ3n) is 4.09. The molecule has 0 aliphatic heterocycles. The molecule has 21 heavy (non-hydrogen) atoms. The first kappa shape index (κ1) is 14.2. The van der Waals surface area contributed by atoms with Gasteiger partial charge in [0, 0.05) is 22.4 Å². The van der Waals surface area contributed by atoms with E-state index in [1.54, 1.807) is 6.08 Å². The number of hydrogen-bond donors (Lipinski definition) is 1. The molecule has 0 saturated carbocycles. The molecule has 0 heterocycles. The van der Waals surface area contributed by atoms with Crippen molar-refractivity contribution in [1.82, 2.24) is 0 Å². The van der Waals surface area contributed by atoms with E-state index in [0.717, 1.165) is 15.6 Å². The summed E-state index contributed by atoms with van der Waals surface area (Å²) in [5, 5.41) is 11.1. The van der Waals surface area contributed by atoms with Crippen LogP contribution >= 0.6 is 15.9 Å². The van der Waals surface area contributed by atoms with Crippen LogP contribution in [0.2, 0.25) is 0 Å². The number of hydrogen-bond acceptors (Lipinski definition) is 2. The van der Waals surface area contributed by atoms with Crippen LogP contribution in [0.15, 0.2) is 65.7 Å². The van der Waals surface area contributed by atoms with Gasteiger partial charge in [0.2, 0.25) is 0 Å². The molecule has 106 valence electrons. The molecule has 1 N–H and O–H groups in total. The Balaban J connectivity index is 2.09. The number of fused-ring (bicyclic) bond motifs is 1. The molecule has 3 heteroatoms. The van der Waals surface area contributed by atoms with Gasteiger partial charge in [0.15, 0.2) is 5.78 Å². The van der Waals surface area contributed by atoms with E-state index in [1.807, 2.05) is 48.5 Å². The van der Waals surface area contributed by atoms with Crippen molar-refractivity contribution in [1.29, 1.82) is 0 Å². The van der Waals surface area contributed by atoms with Crippen LogP contribution in [0.25, 0.3) is 0 Å². The first-order valence-corrected chi connectivity index (χ1v) is 7.59. The van der Waals surface area contributed by atoms with E-state index in [0.29, 0.717) is 12.0 Å². The maximum absolute atomic E-state index is 12.8. The summed E-state index contributed by atoms with van der Waals surface area (Å²) < 4.78 is 0.733. The molecular weight excluding hydrogens is 328 g/mol. The monoisotopic (exact) mass is 342 g/mol. The Bertz CT molecular complexity index is 708. The zero-order valence-electron chi connectivity index (χ0n) is 11.4. The van der Waals surface area contributed by atoms with E-state index >= 15 is 0 Å². The third kappa shape index (κ3) is 2.17. The van der Waals surface area contributed by atoms with E-state index in [2.05, 4.69) is 22.5 Å². The summed E-state index contributed by atoms with van der Waals surface area (Å²) in [7, 11) is 0. The van der Waals surface area contributed by atoms with Crippen molar-refractivity contribution < 1.29 is 9.90 Å². The van der Waals surface area contributed by atoms with Gasteiger partial charge in [0.1, 0.15) is 5.60 Å². The second-order valence-corrected chi connectivity index (χ2v) is 6.18. The van der Waals surface area contributed by atoms with Crippen LogP contribution in [0, 0.1) is 0 Å². The summed E-state index contributed by atoms with van der Waals surface area (Å²) in [6.07, 6.45) is 1.97. The fourth-order valence-corrected chi connectivity index (χ4v) is 3.66. The predicted octanol–water partition coefficient (Wildman–Crippen LogP) is 3.89. The molecule has 0 saturated heterocycles. The minimum atomic E-state index is -1.46. The normalized spacial score (nSPS) is 21.9. The van der Waals surface area contributed by atoms with Gasteiger partial charge in [-0.3, -0.25) is 4.79 Å². The summed E-state index contributed by atoms with van der Waals surface area (Å²) in [4.78, 5) is 12.8. The Morgan fingerprint density at radius 2 is 1.90 bits per heavy atom. The van der Waals surface area contributed by atoms with Crippen LogP contribution in [0.5, 0.6) is 0 Å². The standard InChI is InChI=1S/C18H15BrO2/c1-2-14(12-7-4-3-5-8-12)18(21)11-13-9-6-10-15(19)16(13)17(18)20/h2-10,14,21H,1,11H2/t14-,18-/m1/s1. The van der Waals surface area contributed by atoms with Crippen molar-refractivity contribution >= 4 is 21.7 Å². The van der Waals surface area contributed by atoms with Crippen molar-refractivity contribution in [3.8, 4) is 0 Å². The van der Waals surface area contributed by atoms with Gasteiger partial charge in [-0.15, -0.1) is 6.58 Å². The maximum Gasteiger partial charge on any atom is 0.197 e. The zero-order valence-corrected chi connectivity index (χ0v) is 13.0. The van der Waals surface area contributed by atoms with E-state index in [4.69, 9.17) is 0 Å². The number of rotatable bonds is 3. The lowest BCUT2D eigenvalue weighted by molar-refractivity contribution is 0.0299. The Hall–Kier alpha value is -1.71. The number of carbonyl (C=O) groups excluding carboxylic acids is 1. The lowest BCUT2D eigenvalue weighted by Crippen LogP contribution is -2.41. The molecule has 0 bridgehead atoms. The van der Waals surface area contributed by atoms with Gasteiger partial charge in [0.25, 0.3) is 0 Å². The van der Waals surface area contributed by atoms with Crippen LogP contribution in [0.4, 0.5) is 0 Å². The topological polar surface area (TPSA) is 37.3 Å². The third-order valence-corrected chi connectivity index (χ3v) is 4.75. The predicted molar refractivity (Wildman–Crippen MR) is 86.5 cm³/mol.